The summed E-state index contributed by atoms with van der Waals surface area (Å²) in [5.41, 5.74) is 1.85. The fraction of sp³-hybridized carbons (Fsp3) is 0.304. The van der Waals surface area contributed by atoms with Crippen molar-refractivity contribution in [2.75, 3.05) is 18.5 Å². The topological polar surface area (TPSA) is 117 Å². The van der Waals surface area contributed by atoms with Gasteiger partial charge in [0.15, 0.2) is 12.2 Å². The highest BCUT2D eigenvalue weighted by molar-refractivity contribution is 5.94. The number of amides is 1. The largest absolute Gasteiger partial charge is 0.462 e. The van der Waals surface area contributed by atoms with Crippen molar-refractivity contribution >= 4 is 34.6 Å². The predicted octanol–water partition coefficient (Wildman–Crippen LogP) is 3.12. The predicted molar refractivity (Wildman–Crippen MR) is 116 cm³/mol. The van der Waals surface area contributed by atoms with Crippen molar-refractivity contribution < 1.29 is 28.3 Å². The van der Waals surface area contributed by atoms with E-state index in [1.54, 1.807) is 48.5 Å². The van der Waals surface area contributed by atoms with Crippen LogP contribution in [0.15, 0.2) is 57.7 Å². The van der Waals surface area contributed by atoms with E-state index < -0.39 is 30.2 Å². The van der Waals surface area contributed by atoms with Crippen molar-refractivity contribution in [3.05, 3.63) is 64.6 Å². The number of fused-ring (bicyclic) bond motifs is 1. The maximum atomic E-state index is 12.0. The first-order valence-corrected chi connectivity index (χ1v) is 10.3. The first kappa shape index (κ1) is 22.8. The fourth-order valence-corrected chi connectivity index (χ4v) is 2.93. The van der Waals surface area contributed by atoms with Gasteiger partial charge in [-0.3, -0.25) is 14.2 Å². The number of aromatic nitrogens is 1. The van der Waals surface area contributed by atoms with Crippen molar-refractivity contribution in [1.82, 2.24) is 4.57 Å². The Morgan fingerprint density at radius 2 is 1.78 bits per heavy atom. The summed E-state index contributed by atoms with van der Waals surface area (Å²) in [6.45, 7) is 1.97. The zero-order valence-corrected chi connectivity index (χ0v) is 17.7. The van der Waals surface area contributed by atoms with Gasteiger partial charge in [0.05, 0.1) is 24.1 Å². The Bertz CT molecular complexity index is 1150. The number of esters is 2. The summed E-state index contributed by atoms with van der Waals surface area (Å²) >= 11 is 0. The second-order valence-corrected chi connectivity index (χ2v) is 7.01. The lowest BCUT2D eigenvalue weighted by Crippen LogP contribution is -2.22. The molecular formula is C23H24N2O7. The molecule has 32 heavy (non-hydrogen) atoms. The molecule has 0 radical (unpaired) electrons. The van der Waals surface area contributed by atoms with Gasteiger partial charge in [-0.25, -0.2) is 9.59 Å². The first-order valence-electron chi connectivity index (χ1n) is 10.3. The van der Waals surface area contributed by atoms with E-state index in [9.17, 15) is 19.2 Å². The lowest BCUT2D eigenvalue weighted by Gasteiger charge is -2.08. The third kappa shape index (κ3) is 6.07. The average Bonchev–Trinajstić information content (AvgIpc) is 3.11. The van der Waals surface area contributed by atoms with Crippen LogP contribution in [0.3, 0.4) is 0 Å². The summed E-state index contributed by atoms with van der Waals surface area (Å²) in [7, 11) is 0. The fourth-order valence-electron chi connectivity index (χ4n) is 2.93. The normalized spacial score (nSPS) is 10.7. The maximum Gasteiger partial charge on any atom is 0.419 e. The van der Waals surface area contributed by atoms with E-state index in [1.165, 1.54) is 4.57 Å². The number of aryl methyl sites for hydroxylation is 1. The zero-order valence-electron chi connectivity index (χ0n) is 17.7. The number of nitrogens with zero attached hydrogens (tertiary/aromatic N) is 1. The molecule has 1 N–H and O–H groups in total. The van der Waals surface area contributed by atoms with Crippen molar-refractivity contribution in [3.63, 3.8) is 0 Å². The molecule has 2 aromatic carbocycles. The van der Waals surface area contributed by atoms with Crippen molar-refractivity contribution in [1.29, 1.82) is 0 Å². The Balaban J connectivity index is 1.43. The average molecular weight is 440 g/mol. The molecular weight excluding hydrogens is 416 g/mol. The van der Waals surface area contributed by atoms with Gasteiger partial charge in [0, 0.05) is 12.2 Å². The number of nitrogens with one attached hydrogen (secondary N) is 1. The van der Waals surface area contributed by atoms with Gasteiger partial charge in [0.25, 0.3) is 5.91 Å². The van der Waals surface area contributed by atoms with Crippen LogP contribution in [0.1, 0.15) is 36.5 Å². The van der Waals surface area contributed by atoms with Gasteiger partial charge >= 0.3 is 17.7 Å². The molecule has 1 amide bonds. The van der Waals surface area contributed by atoms with Crippen LogP contribution in [0, 0.1) is 0 Å². The van der Waals surface area contributed by atoms with Crippen LogP contribution < -0.4 is 11.1 Å². The number of benzene rings is 2. The van der Waals surface area contributed by atoms with Gasteiger partial charge < -0.3 is 19.2 Å². The monoisotopic (exact) mass is 440 g/mol. The molecule has 0 aliphatic heterocycles. The van der Waals surface area contributed by atoms with Crippen molar-refractivity contribution in [2.45, 2.75) is 32.7 Å². The molecule has 1 aromatic heterocycles. The van der Waals surface area contributed by atoms with Crippen LogP contribution in [0.25, 0.3) is 11.1 Å². The lowest BCUT2D eigenvalue weighted by atomic mass is 10.2. The van der Waals surface area contributed by atoms with Crippen molar-refractivity contribution in [3.8, 4) is 0 Å². The standard InChI is InChI=1S/C23H24N2O7/c1-2-3-14-30-22(28)16-8-10-17(11-9-16)24-20(26)15-31-21(27)12-13-25-18-6-4-5-7-19(18)32-23(25)29/h4-11H,2-3,12-15H2,1H3,(H,24,26). The number of carbonyl (C=O) groups excluding carboxylic acids is 3. The SMILES string of the molecule is CCCCOC(=O)c1ccc(NC(=O)COC(=O)CCn2c(=O)oc3ccccc32)cc1. The molecule has 3 rings (SSSR count). The molecule has 1 heterocycles. The minimum absolute atomic E-state index is 0.0755. The Kier molecular flexibility index (Phi) is 7.80. The molecule has 0 bridgehead atoms. The van der Waals surface area contributed by atoms with Crippen LogP contribution in [-0.2, 0) is 25.6 Å². The van der Waals surface area contributed by atoms with Gasteiger partial charge in [-0.2, -0.15) is 0 Å². The Hall–Kier alpha value is -3.88. The van der Waals surface area contributed by atoms with E-state index in [0.717, 1.165) is 12.8 Å². The summed E-state index contributed by atoms with van der Waals surface area (Å²) in [5.74, 6) is -2.13. The lowest BCUT2D eigenvalue weighted by molar-refractivity contribution is -0.147. The van der Waals surface area contributed by atoms with E-state index in [4.69, 9.17) is 13.9 Å². The Morgan fingerprint density at radius 1 is 1.03 bits per heavy atom. The second kappa shape index (κ2) is 10.9. The quantitative estimate of drug-likeness (QED) is 0.380. The summed E-state index contributed by atoms with van der Waals surface area (Å²) in [6.07, 6.45) is 1.64. The van der Waals surface area contributed by atoms with E-state index in [1.807, 2.05) is 6.92 Å². The van der Waals surface area contributed by atoms with E-state index in [-0.39, 0.29) is 13.0 Å². The number of anilines is 1. The molecule has 0 spiro atoms. The molecule has 9 heteroatoms. The number of hydrogen-bond donors (Lipinski definition) is 1. The van der Waals surface area contributed by atoms with Gasteiger partial charge in [0.1, 0.15) is 0 Å². The molecule has 0 atom stereocenters. The highest BCUT2D eigenvalue weighted by Gasteiger charge is 2.13. The minimum atomic E-state index is -0.623. The third-order valence-corrected chi connectivity index (χ3v) is 4.61. The molecule has 0 unspecified atom stereocenters. The molecule has 0 aliphatic rings. The summed E-state index contributed by atoms with van der Waals surface area (Å²) in [5, 5.41) is 2.58. The van der Waals surface area contributed by atoms with E-state index in [0.29, 0.717) is 29.0 Å². The van der Waals surface area contributed by atoms with Crippen LogP contribution in [0.5, 0.6) is 0 Å². The van der Waals surface area contributed by atoms with Crippen LogP contribution in [0.4, 0.5) is 5.69 Å². The van der Waals surface area contributed by atoms with Crippen molar-refractivity contribution in [2.24, 2.45) is 0 Å². The highest BCUT2D eigenvalue weighted by atomic mass is 16.5. The number of carbonyl (C=O) groups is 3. The number of rotatable bonds is 10. The van der Waals surface area contributed by atoms with Gasteiger partial charge in [-0.15, -0.1) is 0 Å². The van der Waals surface area contributed by atoms with Crippen LogP contribution >= 0.6 is 0 Å². The number of ether oxygens (including phenoxy) is 2. The molecule has 168 valence electrons. The Labute approximate surface area is 183 Å². The van der Waals surface area contributed by atoms with Crippen LogP contribution in [0.2, 0.25) is 0 Å². The highest BCUT2D eigenvalue weighted by Crippen LogP contribution is 2.13. The van der Waals surface area contributed by atoms with E-state index in [2.05, 4.69) is 5.32 Å². The molecule has 0 fully saturated rings. The van der Waals surface area contributed by atoms with Crippen LogP contribution in [-0.4, -0.2) is 35.6 Å². The summed E-state index contributed by atoms with van der Waals surface area (Å²) < 4.78 is 16.5. The molecule has 0 saturated heterocycles. The minimum Gasteiger partial charge on any atom is -0.462 e. The number of para-hydroxylation sites is 2. The number of oxazole rings is 1. The smallest absolute Gasteiger partial charge is 0.419 e. The maximum absolute atomic E-state index is 12.0. The van der Waals surface area contributed by atoms with Gasteiger partial charge in [-0.1, -0.05) is 25.5 Å². The first-order chi connectivity index (χ1) is 15.5. The number of hydrogen-bond acceptors (Lipinski definition) is 7. The molecule has 9 nitrogen and oxygen atoms in total. The molecule has 0 saturated carbocycles. The third-order valence-electron chi connectivity index (χ3n) is 4.61. The molecule has 0 aliphatic carbocycles. The van der Waals surface area contributed by atoms with E-state index >= 15 is 0 Å². The Morgan fingerprint density at radius 3 is 2.53 bits per heavy atom. The van der Waals surface area contributed by atoms with Gasteiger partial charge in [0.2, 0.25) is 0 Å². The summed E-state index contributed by atoms with van der Waals surface area (Å²) in [6, 6.07) is 13.1. The number of unbranched alkanes of at least 4 members (excludes halogenated alkanes) is 1. The second-order valence-electron chi connectivity index (χ2n) is 7.01. The zero-order chi connectivity index (χ0) is 22.9. The molecule has 3 aromatic rings. The summed E-state index contributed by atoms with van der Waals surface area (Å²) in [4.78, 5) is 47.8. The van der Waals surface area contributed by atoms with Gasteiger partial charge in [-0.05, 0) is 42.8 Å².